The Labute approximate surface area is 208 Å². The van der Waals surface area contributed by atoms with Crippen molar-refractivity contribution in [3.8, 4) is 0 Å². The van der Waals surface area contributed by atoms with E-state index in [2.05, 4.69) is 4.98 Å². The molecule has 1 aliphatic rings. The SMILES string of the molecule is COC(=O)c1sc(N2C(=O)C(O)=C(C(=O)/C=C/c3ccccc3)C2c2cccc([N+](=O)[O-])c2)nc1C. The Morgan fingerprint density at radius 3 is 2.58 bits per heavy atom. The van der Waals surface area contributed by atoms with Gasteiger partial charge in [0, 0.05) is 12.1 Å². The summed E-state index contributed by atoms with van der Waals surface area (Å²) in [6.07, 6.45) is 2.75. The van der Waals surface area contributed by atoms with Gasteiger partial charge in [-0.1, -0.05) is 59.9 Å². The number of hydrogen-bond donors (Lipinski definition) is 1. The van der Waals surface area contributed by atoms with Crippen LogP contribution in [0.15, 0.2) is 72.0 Å². The van der Waals surface area contributed by atoms with E-state index in [1.54, 1.807) is 31.2 Å². The fourth-order valence-corrected chi connectivity index (χ4v) is 4.78. The van der Waals surface area contributed by atoms with Crippen molar-refractivity contribution in [3.05, 3.63) is 104 Å². The average Bonchev–Trinajstić information content (AvgIpc) is 3.39. The lowest BCUT2D eigenvalue weighted by Crippen LogP contribution is -2.30. The van der Waals surface area contributed by atoms with Gasteiger partial charge < -0.3 is 9.84 Å². The molecule has 10 nitrogen and oxygen atoms in total. The fraction of sp³-hybridized carbons (Fsp3) is 0.120. The first-order chi connectivity index (χ1) is 17.2. The highest BCUT2D eigenvalue weighted by Crippen LogP contribution is 2.43. The van der Waals surface area contributed by atoms with Crippen LogP contribution in [0.5, 0.6) is 0 Å². The summed E-state index contributed by atoms with van der Waals surface area (Å²) in [5, 5.41) is 22.2. The number of aliphatic hydroxyl groups is 1. The van der Waals surface area contributed by atoms with Gasteiger partial charge in [-0.25, -0.2) is 9.78 Å². The standard InChI is InChI=1S/C25H19N3O7S/c1-14-22(24(32)35-2)36-25(26-14)27-20(16-9-6-10-17(13-16)28(33)34)19(21(30)23(27)31)18(29)12-11-15-7-4-3-5-8-15/h3-13,20,30H,1-2H3/b12-11+. The summed E-state index contributed by atoms with van der Waals surface area (Å²) in [6.45, 7) is 1.55. The number of aryl methyl sites for hydroxylation is 1. The number of ether oxygens (including phenoxy) is 1. The third-order valence-electron chi connectivity index (χ3n) is 5.46. The molecule has 0 bridgehead atoms. The molecule has 36 heavy (non-hydrogen) atoms. The van der Waals surface area contributed by atoms with Gasteiger partial charge in [0.05, 0.1) is 29.3 Å². The second-order valence-electron chi connectivity index (χ2n) is 7.70. The molecule has 0 saturated heterocycles. The van der Waals surface area contributed by atoms with Crippen molar-refractivity contribution in [2.24, 2.45) is 0 Å². The summed E-state index contributed by atoms with van der Waals surface area (Å²) >= 11 is 0.847. The van der Waals surface area contributed by atoms with Crippen LogP contribution in [0.3, 0.4) is 0 Å². The lowest BCUT2D eigenvalue weighted by Gasteiger charge is -2.24. The molecular weight excluding hydrogens is 486 g/mol. The molecule has 2 heterocycles. The van der Waals surface area contributed by atoms with Crippen molar-refractivity contribution in [2.75, 3.05) is 12.0 Å². The number of nitrogens with zero attached hydrogens (tertiary/aromatic N) is 3. The summed E-state index contributed by atoms with van der Waals surface area (Å²) in [5.74, 6) is -3.05. The highest BCUT2D eigenvalue weighted by molar-refractivity contribution is 7.17. The predicted molar refractivity (Wildman–Crippen MR) is 132 cm³/mol. The monoisotopic (exact) mass is 505 g/mol. The van der Waals surface area contributed by atoms with Gasteiger partial charge in [0.2, 0.25) is 0 Å². The number of aliphatic hydroxyl groups excluding tert-OH is 1. The number of non-ortho nitro benzene ring substituents is 1. The largest absolute Gasteiger partial charge is 0.503 e. The number of methoxy groups -OCH3 is 1. The van der Waals surface area contributed by atoms with Gasteiger partial charge in [0.1, 0.15) is 4.88 Å². The molecule has 1 N–H and O–H groups in total. The Morgan fingerprint density at radius 1 is 1.19 bits per heavy atom. The van der Waals surface area contributed by atoms with Gasteiger partial charge in [-0.3, -0.25) is 24.6 Å². The van der Waals surface area contributed by atoms with Crippen molar-refractivity contribution in [1.29, 1.82) is 0 Å². The summed E-state index contributed by atoms with van der Waals surface area (Å²) in [5.41, 5.74) is 0.696. The third-order valence-corrected chi connectivity index (χ3v) is 6.60. The number of anilines is 1. The van der Waals surface area contributed by atoms with Crippen LogP contribution in [-0.2, 0) is 14.3 Å². The minimum atomic E-state index is -1.22. The first kappa shape index (κ1) is 24.5. The van der Waals surface area contributed by atoms with Crippen molar-refractivity contribution in [2.45, 2.75) is 13.0 Å². The number of carbonyl (C=O) groups excluding carboxylic acids is 3. The van der Waals surface area contributed by atoms with Gasteiger partial charge >= 0.3 is 5.97 Å². The molecule has 2 aromatic carbocycles. The molecule has 0 aliphatic carbocycles. The number of esters is 1. The Bertz CT molecular complexity index is 1440. The molecular formula is C25H19N3O7S. The number of ketones is 1. The van der Waals surface area contributed by atoms with Gasteiger partial charge in [-0.15, -0.1) is 0 Å². The first-order valence-electron chi connectivity index (χ1n) is 10.6. The Balaban J connectivity index is 1.84. The van der Waals surface area contributed by atoms with Gasteiger partial charge in [0.15, 0.2) is 16.7 Å². The van der Waals surface area contributed by atoms with Gasteiger partial charge in [0.25, 0.3) is 11.6 Å². The van der Waals surface area contributed by atoms with Crippen molar-refractivity contribution < 1.29 is 29.2 Å². The maximum Gasteiger partial charge on any atom is 0.350 e. The second kappa shape index (κ2) is 9.92. The van der Waals surface area contributed by atoms with Gasteiger partial charge in [-0.05, 0) is 24.1 Å². The molecule has 1 unspecified atom stereocenters. The predicted octanol–water partition coefficient (Wildman–Crippen LogP) is 4.33. The molecule has 182 valence electrons. The van der Waals surface area contributed by atoms with Crippen LogP contribution in [0, 0.1) is 17.0 Å². The lowest BCUT2D eigenvalue weighted by molar-refractivity contribution is -0.384. The van der Waals surface area contributed by atoms with E-state index in [0.717, 1.165) is 21.8 Å². The topological polar surface area (TPSA) is 140 Å². The summed E-state index contributed by atoms with van der Waals surface area (Å²) < 4.78 is 4.76. The van der Waals surface area contributed by atoms with E-state index in [1.807, 2.05) is 6.07 Å². The smallest absolute Gasteiger partial charge is 0.350 e. The number of benzene rings is 2. The van der Waals surface area contributed by atoms with Crippen molar-refractivity contribution >= 4 is 45.9 Å². The zero-order valence-electron chi connectivity index (χ0n) is 19.1. The summed E-state index contributed by atoms with van der Waals surface area (Å²) in [7, 11) is 1.21. The van der Waals surface area contributed by atoms with Crippen LogP contribution in [0.1, 0.15) is 32.5 Å². The maximum absolute atomic E-state index is 13.3. The molecule has 0 fully saturated rings. The molecule has 3 aromatic rings. The molecule has 0 radical (unpaired) electrons. The van der Waals surface area contributed by atoms with Crippen molar-refractivity contribution in [1.82, 2.24) is 4.98 Å². The lowest BCUT2D eigenvalue weighted by atomic mass is 9.95. The Hall–Kier alpha value is -4.64. The van der Waals surface area contributed by atoms with Crippen LogP contribution < -0.4 is 4.90 Å². The fourth-order valence-electron chi connectivity index (χ4n) is 3.77. The first-order valence-corrected chi connectivity index (χ1v) is 11.4. The second-order valence-corrected chi connectivity index (χ2v) is 8.68. The molecule has 11 heteroatoms. The van der Waals surface area contributed by atoms with Crippen LogP contribution in [0.2, 0.25) is 0 Å². The van der Waals surface area contributed by atoms with Crippen LogP contribution >= 0.6 is 11.3 Å². The Kier molecular flexibility index (Phi) is 6.75. The third kappa shape index (κ3) is 4.51. The van der Waals surface area contributed by atoms with E-state index >= 15 is 0 Å². The number of nitro benzene ring substituents is 1. The number of rotatable bonds is 7. The van der Waals surface area contributed by atoms with Crippen LogP contribution in [0.4, 0.5) is 10.8 Å². The van der Waals surface area contributed by atoms with E-state index in [4.69, 9.17) is 4.74 Å². The Morgan fingerprint density at radius 2 is 1.92 bits per heavy atom. The normalized spacial score (nSPS) is 15.6. The number of amides is 1. The maximum atomic E-state index is 13.3. The van der Waals surface area contributed by atoms with E-state index in [1.165, 1.54) is 43.5 Å². The summed E-state index contributed by atoms with van der Waals surface area (Å²) in [6, 6.07) is 13.1. The molecule has 0 spiro atoms. The van der Waals surface area contributed by atoms with E-state index in [9.17, 15) is 29.6 Å². The number of thiazole rings is 1. The molecule has 1 aliphatic heterocycles. The quantitative estimate of drug-likeness (QED) is 0.217. The summed E-state index contributed by atoms with van der Waals surface area (Å²) in [4.78, 5) is 54.9. The minimum absolute atomic E-state index is 0.0239. The molecule has 4 rings (SSSR count). The average molecular weight is 506 g/mol. The highest BCUT2D eigenvalue weighted by atomic mass is 32.1. The molecule has 1 amide bonds. The number of aromatic nitrogens is 1. The number of hydrogen-bond acceptors (Lipinski definition) is 9. The minimum Gasteiger partial charge on any atom is -0.503 e. The van der Waals surface area contributed by atoms with Crippen molar-refractivity contribution in [3.63, 3.8) is 0 Å². The highest BCUT2D eigenvalue weighted by Gasteiger charge is 2.45. The van der Waals surface area contributed by atoms with Crippen LogP contribution in [-0.4, -0.2) is 39.8 Å². The van der Waals surface area contributed by atoms with Crippen LogP contribution in [0.25, 0.3) is 6.08 Å². The molecule has 1 atom stereocenters. The number of allylic oxidation sites excluding steroid dienone is 1. The number of nitro groups is 1. The van der Waals surface area contributed by atoms with E-state index in [0.29, 0.717) is 0 Å². The zero-order valence-corrected chi connectivity index (χ0v) is 19.9. The molecule has 1 aromatic heterocycles. The zero-order chi connectivity index (χ0) is 26.0. The van der Waals surface area contributed by atoms with Gasteiger partial charge in [-0.2, -0.15) is 0 Å². The molecule has 0 saturated carbocycles. The number of carbonyl (C=O) groups is 3. The van der Waals surface area contributed by atoms with E-state index < -0.39 is 34.4 Å². The van der Waals surface area contributed by atoms with E-state index in [-0.39, 0.29) is 32.5 Å².